The van der Waals surface area contributed by atoms with Crippen molar-refractivity contribution in [2.45, 2.75) is 57.8 Å². The van der Waals surface area contributed by atoms with Crippen LogP contribution < -0.4 is 16.0 Å². The Morgan fingerprint density at radius 2 is 1.78 bits per heavy atom. The highest BCUT2D eigenvalue weighted by Crippen LogP contribution is 2.23. The van der Waals surface area contributed by atoms with Crippen LogP contribution in [0.15, 0.2) is 24.3 Å². The summed E-state index contributed by atoms with van der Waals surface area (Å²) in [5.41, 5.74) is 7.62. The Balaban J connectivity index is 1.80. The fourth-order valence-electron chi connectivity index (χ4n) is 3.12. The Labute approximate surface area is 140 Å². The first kappa shape index (κ1) is 17.8. The third-order valence-corrected chi connectivity index (χ3v) is 4.46. The SMILES string of the molecule is NCCCCCCC(=O)Nc1cccc(N2CCCCCC2)c1. The molecule has 0 spiro atoms. The summed E-state index contributed by atoms with van der Waals surface area (Å²) in [5.74, 6) is 0.116. The molecule has 0 saturated carbocycles. The Hall–Kier alpha value is -1.55. The fourth-order valence-corrected chi connectivity index (χ4v) is 3.12. The average Bonchev–Trinajstić information content (AvgIpc) is 2.84. The van der Waals surface area contributed by atoms with Crippen LogP contribution in [0.25, 0.3) is 0 Å². The largest absolute Gasteiger partial charge is 0.371 e. The predicted molar refractivity (Wildman–Crippen MR) is 97.9 cm³/mol. The third-order valence-electron chi connectivity index (χ3n) is 4.46. The van der Waals surface area contributed by atoms with Crippen LogP contribution in [0.4, 0.5) is 11.4 Å². The van der Waals surface area contributed by atoms with Crippen molar-refractivity contribution in [3.05, 3.63) is 24.3 Å². The summed E-state index contributed by atoms with van der Waals surface area (Å²) in [6.45, 7) is 2.99. The minimum atomic E-state index is 0.116. The summed E-state index contributed by atoms with van der Waals surface area (Å²) >= 11 is 0. The number of benzene rings is 1. The zero-order valence-corrected chi connectivity index (χ0v) is 14.2. The molecule has 4 nitrogen and oxygen atoms in total. The van der Waals surface area contributed by atoms with Gasteiger partial charge in [0.05, 0.1) is 0 Å². The number of nitrogens with two attached hydrogens (primary N) is 1. The summed E-state index contributed by atoms with van der Waals surface area (Å²) in [6.07, 6.45) is 9.98. The van der Waals surface area contributed by atoms with Crippen molar-refractivity contribution >= 4 is 17.3 Å². The second kappa shape index (κ2) is 10.3. The normalized spacial score (nSPS) is 15.3. The first-order valence-electron chi connectivity index (χ1n) is 9.14. The van der Waals surface area contributed by atoms with Crippen LogP contribution in [0, 0.1) is 0 Å². The molecule has 0 atom stereocenters. The average molecular weight is 317 g/mol. The minimum absolute atomic E-state index is 0.116. The molecule has 0 aliphatic carbocycles. The molecule has 1 aliphatic heterocycles. The molecule has 0 unspecified atom stereocenters. The lowest BCUT2D eigenvalue weighted by Gasteiger charge is -2.23. The van der Waals surface area contributed by atoms with E-state index in [1.54, 1.807) is 0 Å². The first-order chi connectivity index (χ1) is 11.3. The molecule has 2 rings (SSSR count). The summed E-state index contributed by atoms with van der Waals surface area (Å²) in [7, 11) is 0. The van der Waals surface area contributed by atoms with E-state index in [0.29, 0.717) is 6.42 Å². The van der Waals surface area contributed by atoms with E-state index < -0.39 is 0 Å². The van der Waals surface area contributed by atoms with Crippen LogP contribution in [0.5, 0.6) is 0 Å². The highest BCUT2D eigenvalue weighted by molar-refractivity contribution is 5.91. The fraction of sp³-hybridized carbons (Fsp3) is 0.632. The maximum Gasteiger partial charge on any atom is 0.224 e. The number of carbonyl (C=O) groups excluding carboxylic acids is 1. The first-order valence-corrected chi connectivity index (χ1v) is 9.14. The molecule has 23 heavy (non-hydrogen) atoms. The number of rotatable bonds is 8. The second-order valence-electron chi connectivity index (χ2n) is 6.45. The van der Waals surface area contributed by atoms with Crippen molar-refractivity contribution in [3.8, 4) is 0 Å². The molecule has 0 radical (unpaired) electrons. The van der Waals surface area contributed by atoms with E-state index in [1.807, 2.05) is 12.1 Å². The van der Waals surface area contributed by atoms with Crippen LogP contribution >= 0.6 is 0 Å². The van der Waals surface area contributed by atoms with E-state index in [-0.39, 0.29) is 5.91 Å². The van der Waals surface area contributed by atoms with Gasteiger partial charge in [0.25, 0.3) is 0 Å². The molecule has 0 bridgehead atoms. The molecule has 1 aromatic carbocycles. The predicted octanol–water partition coefficient (Wildman–Crippen LogP) is 3.91. The van der Waals surface area contributed by atoms with Gasteiger partial charge < -0.3 is 16.0 Å². The number of nitrogens with one attached hydrogen (secondary N) is 1. The van der Waals surface area contributed by atoms with E-state index in [2.05, 4.69) is 22.3 Å². The Bertz CT molecular complexity index is 467. The minimum Gasteiger partial charge on any atom is -0.371 e. The maximum absolute atomic E-state index is 12.0. The molecule has 1 aromatic rings. The van der Waals surface area contributed by atoms with Crippen LogP contribution in [0.3, 0.4) is 0 Å². The zero-order valence-electron chi connectivity index (χ0n) is 14.2. The highest BCUT2D eigenvalue weighted by Gasteiger charge is 2.10. The number of unbranched alkanes of at least 4 members (excludes halogenated alkanes) is 3. The van der Waals surface area contributed by atoms with Gasteiger partial charge in [0.1, 0.15) is 0 Å². The van der Waals surface area contributed by atoms with E-state index in [4.69, 9.17) is 5.73 Å². The number of nitrogens with zero attached hydrogens (tertiary/aromatic N) is 1. The van der Waals surface area contributed by atoms with Gasteiger partial charge in [0.2, 0.25) is 5.91 Å². The van der Waals surface area contributed by atoms with Gasteiger partial charge in [-0.1, -0.05) is 31.7 Å². The lowest BCUT2D eigenvalue weighted by molar-refractivity contribution is -0.116. The van der Waals surface area contributed by atoms with E-state index in [9.17, 15) is 4.79 Å². The van der Waals surface area contributed by atoms with Crippen molar-refractivity contribution in [1.82, 2.24) is 0 Å². The quantitative estimate of drug-likeness (QED) is 0.715. The Kier molecular flexibility index (Phi) is 7.95. The molecule has 4 heteroatoms. The highest BCUT2D eigenvalue weighted by atomic mass is 16.1. The molecular formula is C19H31N3O. The Morgan fingerprint density at radius 1 is 1.04 bits per heavy atom. The van der Waals surface area contributed by atoms with Crippen molar-refractivity contribution in [2.24, 2.45) is 5.73 Å². The zero-order chi connectivity index (χ0) is 16.3. The molecule has 128 valence electrons. The van der Waals surface area contributed by atoms with Crippen LogP contribution in [-0.2, 0) is 4.79 Å². The summed E-state index contributed by atoms with van der Waals surface area (Å²) < 4.78 is 0. The van der Waals surface area contributed by atoms with Crippen molar-refractivity contribution < 1.29 is 4.79 Å². The number of anilines is 2. The van der Waals surface area contributed by atoms with E-state index in [1.165, 1.54) is 31.4 Å². The number of hydrogen-bond acceptors (Lipinski definition) is 3. The molecule has 1 aliphatic rings. The van der Waals surface area contributed by atoms with Crippen LogP contribution in [-0.4, -0.2) is 25.5 Å². The van der Waals surface area contributed by atoms with E-state index in [0.717, 1.165) is 51.0 Å². The summed E-state index contributed by atoms with van der Waals surface area (Å²) in [5, 5.41) is 3.04. The standard InChI is InChI=1S/C19H31N3O/c20-13-6-2-1-5-12-19(23)21-17-10-9-11-18(16-17)22-14-7-3-4-8-15-22/h9-11,16H,1-8,12-15,20H2,(H,21,23). The summed E-state index contributed by atoms with van der Waals surface area (Å²) in [6, 6.07) is 8.27. The lowest BCUT2D eigenvalue weighted by Crippen LogP contribution is -2.24. The third kappa shape index (κ3) is 6.61. The second-order valence-corrected chi connectivity index (χ2v) is 6.45. The number of hydrogen-bond donors (Lipinski definition) is 2. The maximum atomic E-state index is 12.0. The van der Waals surface area contributed by atoms with Crippen LogP contribution in [0.1, 0.15) is 57.8 Å². The number of carbonyl (C=O) groups is 1. The topological polar surface area (TPSA) is 58.4 Å². The smallest absolute Gasteiger partial charge is 0.224 e. The van der Waals surface area contributed by atoms with Crippen LogP contribution in [0.2, 0.25) is 0 Å². The van der Waals surface area contributed by atoms with Gasteiger partial charge in [-0.15, -0.1) is 0 Å². The van der Waals surface area contributed by atoms with Gasteiger partial charge in [-0.3, -0.25) is 4.79 Å². The summed E-state index contributed by atoms with van der Waals surface area (Å²) in [4.78, 5) is 14.5. The van der Waals surface area contributed by atoms with Gasteiger partial charge in [-0.25, -0.2) is 0 Å². The monoisotopic (exact) mass is 317 g/mol. The molecule has 1 heterocycles. The van der Waals surface area contributed by atoms with Crippen molar-refractivity contribution in [1.29, 1.82) is 0 Å². The van der Waals surface area contributed by atoms with Crippen molar-refractivity contribution in [3.63, 3.8) is 0 Å². The van der Waals surface area contributed by atoms with Gasteiger partial charge in [-0.2, -0.15) is 0 Å². The van der Waals surface area contributed by atoms with Gasteiger partial charge in [0.15, 0.2) is 0 Å². The molecule has 1 fully saturated rings. The Morgan fingerprint density at radius 3 is 2.52 bits per heavy atom. The molecule has 3 N–H and O–H groups in total. The van der Waals surface area contributed by atoms with Gasteiger partial charge in [-0.05, 0) is 50.4 Å². The van der Waals surface area contributed by atoms with E-state index >= 15 is 0 Å². The van der Waals surface area contributed by atoms with Gasteiger partial charge in [0, 0.05) is 30.9 Å². The molecule has 0 aromatic heterocycles. The molecule has 1 saturated heterocycles. The lowest BCUT2D eigenvalue weighted by atomic mass is 10.1. The van der Waals surface area contributed by atoms with Gasteiger partial charge >= 0.3 is 0 Å². The molecular weight excluding hydrogens is 286 g/mol. The number of amides is 1. The molecule has 1 amide bonds. The van der Waals surface area contributed by atoms with Crippen molar-refractivity contribution in [2.75, 3.05) is 29.9 Å².